The Balaban J connectivity index is 1.38. The molecule has 158 valence electrons. The van der Waals surface area contributed by atoms with Crippen LogP contribution in [0, 0.1) is 5.92 Å². The number of carbonyl (C=O) groups is 1. The van der Waals surface area contributed by atoms with Gasteiger partial charge in [-0.25, -0.2) is 0 Å². The molecular weight excluding hydrogens is 374 g/mol. The molecule has 0 spiro atoms. The van der Waals surface area contributed by atoms with Crippen molar-refractivity contribution in [3.63, 3.8) is 0 Å². The van der Waals surface area contributed by atoms with Gasteiger partial charge >= 0.3 is 0 Å². The maximum Gasteiger partial charge on any atom is 0.226 e. The number of rotatable bonds is 6. The van der Waals surface area contributed by atoms with Crippen molar-refractivity contribution in [3.8, 4) is 5.75 Å². The molecule has 5 heteroatoms. The molecule has 2 aromatic carbocycles. The minimum absolute atomic E-state index is 0.0126. The molecule has 1 saturated heterocycles. The van der Waals surface area contributed by atoms with Crippen LogP contribution in [0.25, 0.3) is 10.9 Å². The molecule has 5 nitrogen and oxygen atoms in total. The van der Waals surface area contributed by atoms with Gasteiger partial charge in [0.2, 0.25) is 5.91 Å². The largest absolute Gasteiger partial charge is 0.495 e. The molecule has 0 atom stereocenters. The molecule has 1 aromatic heterocycles. The smallest absolute Gasteiger partial charge is 0.226 e. The number of fused-ring (bicyclic) bond motifs is 1. The summed E-state index contributed by atoms with van der Waals surface area (Å²) in [5.41, 5.74) is 4.63. The summed E-state index contributed by atoms with van der Waals surface area (Å²) in [6.07, 6.45) is 4.38. The number of nitrogens with zero attached hydrogens (tertiary/aromatic N) is 1. The first-order valence-corrected chi connectivity index (χ1v) is 10.8. The van der Waals surface area contributed by atoms with Crippen LogP contribution < -0.4 is 10.1 Å². The first kappa shape index (κ1) is 20.5. The number of ether oxygens (including phenoxy) is 1. The van der Waals surface area contributed by atoms with E-state index in [1.165, 1.54) is 16.5 Å². The summed E-state index contributed by atoms with van der Waals surface area (Å²) < 4.78 is 5.47. The van der Waals surface area contributed by atoms with Crippen LogP contribution in [0.15, 0.2) is 48.7 Å². The molecule has 1 amide bonds. The van der Waals surface area contributed by atoms with E-state index in [1.54, 1.807) is 7.11 Å². The van der Waals surface area contributed by atoms with Crippen LogP contribution >= 0.6 is 0 Å². The van der Waals surface area contributed by atoms with Gasteiger partial charge in [-0.3, -0.25) is 9.69 Å². The molecule has 1 aliphatic heterocycles. The minimum atomic E-state index is -0.0126. The van der Waals surface area contributed by atoms with Crippen molar-refractivity contribution in [2.75, 3.05) is 25.5 Å². The SMILES string of the molecule is COc1cccc2c(CN3CCC(c4cccc(NC(=O)C(C)C)c4)CC3)c[nH]c12. The van der Waals surface area contributed by atoms with Crippen LogP contribution in [0.1, 0.15) is 43.7 Å². The Morgan fingerprint density at radius 3 is 2.70 bits per heavy atom. The zero-order valence-electron chi connectivity index (χ0n) is 18.1. The predicted molar refractivity (Wildman–Crippen MR) is 122 cm³/mol. The molecule has 3 aromatic rings. The van der Waals surface area contributed by atoms with Crippen molar-refractivity contribution in [1.82, 2.24) is 9.88 Å². The van der Waals surface area contributed by atoms with Gasteiger partial charge in [-0.05, 0) is 61.2 Å². The number of piperidine rings is 1. The Kier molecular flexibility index (Phi) is 6.09. The third-order valence-electron chi connectivity index (χ3n) is 6.11. The van der Waals surface area contributed by atoms with E-state index in [1.807, 2.05) is 26.0 Å². The number of aromatic amines is 1. The fraction of sp³-hybridized carbons (Fsp3) is 0.400. The summed E-state index contributed by atoms with van der Waals surface area (Å²) in [7, 11) is 1.71. The molecule has 1 fully saturated rings. The van der Waals surface area contributed by atoms with Gasteiger partial charge in [-0.15, -0.1) is 0 Å². The molecular formula is C25H31N3O2. The number of benzene rings is 2. The van der Waals surface area contributed by atoms with E-state index in [0.717, 1.165) is 49.4 Å². The van der Waals surface area contributed by atoms with Gasteiger partial charge in [0.25, 0.3) is 0 Å². The van der Waals surface area contributed by atoms with Crippen LogP contribution in [0.2, 0.25) is 0 Å². The second kappa shape index (κ2) is 8.92. The van der Waals surface area contributed by atoms with Crippen molar-refractivity contribution in [2.24, 2.45) is 5.92 Å². The molecule has 1 aliphatic rings. The fourth-order valence-corrected chi connectivity index (χ4v) is 4.31. The molecule has 0 radical (unpaired) electrons. The van der Waals surface area contributed by atoms with Gasteiger partial charge in [0.15, 0.2) is 0 Å². The van der Waals surface area contributed by atoms with E-state index >= 15 is 0 Å². The average molecular weight is 406 g/mol. The van der Waals surface area contributed by atoms with E-state index < -0.39 is 0 Å². The molecule has 0 aliphatic carbocycles. The lowest BCUT2D eigenvalue weighted by Gasteiger charge is -2.32. The number of aromatic nitrogens is 1. The number of nitrogens with one attached hydrogen (secondary N) is 2. The third kappa shape index (κ3) is 4.36. The summed E-state index contributed by atoms with van der Waals surface area (Å²) in [6, 6.07) is 14.6. The van der Waals surface area contributed by atoms with E-state index in [2.05, 4.69) is 51.7 Å². The summed E-state index contributed by atoms with van der Waals surface area (Å²) in [5.74, 6) is 1.49. The van der Waals surface area contributed by atoms with Crippen LogP contribution in [-0.2, 0) is 11.3 Å². The van der Waals surface area contributed by atoms with Gasteiger partial charge in [0.1, 0.15) is 5.75 Å². The van der Waals surface area contributed by atoms with Crippen molar-refractivity contribution in [2.45, 2.75) is 39.2 Å². The Hall–Kier alpha value is -2.79. The number of hydrogen-bond donors (Lipinski definition) is 2. The highest BCUT2D eigenvalue weighted by Gasteiger charge is 2.22. The highest BCUT2D eigenvalue weighted by Crippen LogP contribution is 2.32. The Bertz CT molecular complexity index is 1020. The van der Waals surface area contributed by atoms with E-state index in [4.69, 9.17) is 4.74 Å². The van der Waals surface area contributed by atoms with Crippen molar-refractivity contribution < 1.29 is 9.53 Å². The molecule has 0 unspecified atom stereocenters. The van der Waals surface area contributed by atoms with E-state index in [-0.39, 0.29) is 11.8 Å². The summed E-state index contributed by atoms with van der Waals surface area (Å²) >= 11 is 0. The van der Waals surface area contributed by atoms with Gasteiger partial charge in [0, 0.05) is 29.7 Å². The number of hydrogen-bond acceptors (Lipinski definition) is 3. The monoisotopic (exact) mass is 405 g/mol. The van der Waals surface area contributed by atoms with Crippen LogP contribution in [0.5, 0.6) is 5.75 Å². The zero-order valence-corrected chi connectivity index (χ0v) is 18.1. The Morgan fingerprint density at radius 2 is 1.97 bits per heavy atom. The fourth-order valence-electron chi connectivity index (χ4n) is 4.31. The van der Waals surface area contributed by atoms with Crippen molar-refractivity contribution >= 4 is 22.5 Å². The second-order valence-electron chi connectivity index (χ2n) is 8.52. The Morgan fingerprint density at radius 1 is 1.20 bits per heavy atom. The lowest BCUT2D eigenvalue weighted by Crippen LogP contribution is -2.32. The maximum atomic E-state index is 12.0. The second-order valence-corrected chi connectivity index (χ2v) is 8.52. The maximum absolute atomic E-state index is 12.0. The highest BCUT2D eigenvalue weighted by molar-refractivity contribution is 5.92. The van der Waals surface area contributed by atoms with Gasteiger partial charge in [-0.1, -0.05) is 38.1 Å². The number of para-hydroxylation sites is 1. The predicted octanol–water partition coefficient (Wildman–Crippen LogP) is 5.15. The quantitative estimate of drug-likeness (QED) is 0.596. The van der Waals surface area contributed by atoms with E-state index in [9.17, 15) is 4.79 Å². The molecule has 0 bridgehead atoms. The lowest BCUT2D eigenvalue weighted by molar-refractivity contribution is -0.118. The average Bonchev–Trinajstić information content (AvgIpc) is 3.17. The topological polar surface area (TPSA) is 57.4 Å². The number of amides is 1. The molecule has 4 rings (SSSR count). The Labute approximate surface area is 178 Å². The first-order valence-electron chi connectivity index (χ1n) is 10.8. The molecule has 30 heavy (non-hydrogen) atoms. The van der Waals surface area contributed by atoms with Gasteiger partial charge in [0.05, 0.1) is 12.6 Å². The number of carbonyl (C=O) groups excluding carboxylic acids is 1. The minimum Gasteiger partial charge on any atom is -0.495 e. The zero-order chi connectivity index (χ0) is 21.1. The number of likely N-dealkylation sites (tertiary alicyclic amines) is 1. The molecule has 0 saturated carbocycles. The molecule has 2 heterocycles. The van der Waals surface area contributed by atoms with E-state index in [0.29, 0.717) is 5.92 Å². The van der Waals surface area contributed by atoms with Crippen molar-refractivity contribution in [3.05, 3.63) is 59.8 Å². The normalized spacial score (nSPS) is 15.6. The standard InChI is InChI=1S/C25H31N3O2/c1-17(2)25(29)27-21-7-4-6-19(14-21)18-10-12-28(13-11-18)16-20-15-26-24-22(20)8-5-9-23(24)30-3/h4-9,14-15,17-18,26H,10-13,16H2,1-3H3,(H,27,29). The van der Waals surface area contributed by atoms with Crippen LogP contribution in [0.4, 0.5) is 5.69 Å². The molecule has 2 N–H and O–H groups in total. The summed E-state index contributed by atoms with van der Waals surface area (Å²) in [6.45, 7) is 6.93. The van der Waals surface area contributed by atoms with Crippen molar-refractivity contribution in [1.29, 1.82) is 0 Å². The summed E-state index contributed by atoms with van der Waals surface area (Å²) in [5, 5.41) is 4.26. The lowest BCUT2D eigenvalue weighted by atomic mass is 9.89. The van der Waals surface area contributed by atoms with Crippen LogP contribution in [0.3, 0.4) is 0 Å². The van der Waals surface area contributed by atoms with Crippen LogP contribution in [-0.4, -0.2) is 36.0 Å². The van der Waals surface area contributed by atoms with Gasteiger partial charge < -0.3 is 15.0 Å². The van der Waals surface area contributed by atoms with Gasteiger partial charge in [-0.2, -0.15) is 0 Å². The number of methoxy groups -OCH3 is 1. The third-order valence-corrected chi connectivity index (χ3v) is 6.11. The number of H-pyrrole nitrogens is 1. The first-order chi connectivity index (χ1) is 14.5. The highest BCUT2D eigenvalue weighted by atomic mass is 16.5. The number of anilines is 1. The summed E-state index contributed by atoms with van der Waals surface area (Å²) in [4.78, 5) is 17.9.